The molecule has 1 aromatic carbocycles. The number of hydrogen-bond donors (Lipinski definition) is 2. The lowest BCUT2D eigenvalue weighted by molar-refractivity contribution is -0.105. The molecule has 1 aromatic rings. The average Bonchev–Trinajstić information content (AvgIpc) is 2.47. The van der Waals surface area contributed by atoms with Crippen molar-refractivity contribution < 1.29 is 19.1 Å². The van der Waals surface area contributed by atoms with Gasteiger partial charge >= 0.3 is 6.09 Å². The Balaban J connectivity index is 0. The zero-order chi connectivity index (χ0) is 21.0. The fourth-order valence-electron chi connectivity index (χ4n) is 1.43. The average molecular weight is 369 g/mol. The second-order valence-electron chi connectivity index (χ2n) is 7.29. The first-order valence-corrected chi connectivity index (χ1v) is 8.73. The molecule has 2 amide bonds. The molecule has 0 aliphatic rings. The van der Waals surface area contributed by atoms with Gasteiger partial charge < -0.3 is 14.8 Å². The highest BCUT2D eigenvalue weighted by Crippen LogP contribution is 2.19. The molecule has 0 radical (unpaired) electrons. The minimum atomic E-state index is -0.544. The van der Waals surface area contributed by atoms with E-state index in [1.54, 1.807) is 46.1 Å². The van der Waals surface area contributed by atoms with Crippen molar-refractivity contribution >= 4 is 23.9 Å². The monoisotopic (exact) mass is 368 g/mol. The summed E-state index contributed by atoms with van der Waals surface area (Å²) in [6.07, 6.45) is 0.0663. The van der Waals surface area contributed by atoms with Crippen LogP contribution >= 0.6 is 0 Å². The molecule has 1 rings (SSSR count). The number of benzene rings is 1. The Kier molecular flexibility index (Phi) is 12.4. The molecule has 0 atom stereocenters. The molecule has 0 saturated carbocycles. The van der Waals surface area contributed by atoms with E-state index in [4.69, 9.17) is 9.47 Å². The van der Waals surface area contributed by atoms with Gasteiger partial charge in [-0.05, 0) is 72.2 Å². The van der Waals surface area contributed by atoms with Gasteiger partial charge in [-0.3, -0.25) is 10.1 Å². The second kappa shape index (κ2) is 12.3. The number of methoxy groups -OCH3 is 1. The predicted molar refractivity (Wildman–Crippen MR) is 109 cm³/mol. The Hall–Kier alpha value is -2.08. The quantitative estimate of drug-likeness (QED) is 0.703. The molecule has 150 valence electrons. The van der Waals surface area contributed by atoms with Gasteiger partial charge in [0.15, 0.2) is 0 Å². The number of carbonyl (C=O) groups excluding carboxylic acids is 2. The third kappa shape index (κ3) is 15.4. The van der Waals surface area contributed by atoms with Crippen LogP contribution in [0, 0.1) is 6.92 Å². The fourth-order valence-corrected chi connectivity index (χ4v) is 1.43. The van der Waals surface area contributed by atoms with Crippen molar-refractivity contribution in [2.45, 2.75) is 73.5 Å². The van der Waals surface area contributed by atoms with Crippen LogP contribution in [0.3, 0.4) is 0 Å². The van der Waals surface area contributed by atoms with Crippen molar-refractivity contribution in [2.24, 2.45) is 0 Å². The van der Waals surface area contributed by atoms with E-state index in [2.05, 4.69) is 10.6 Å². The Labute approximate surface area is 158 Å². The van der Waals surface area contributed by atoms with Gasteiger partial charge in [0.25, 0.3) is 0 Å². The molecule has 0 saturated heterocycles. The molecule has 0 fully saturated rings. The van der Waals surface area contributed by atoms with Crippen LogP contribution in [0.4, 0.5) is 16.2 Å². The van der Waals surface area contributed by atoms with Gasteiger partial charge in [0.2, 0.25) is 6.41 Å². The van der Waals surface area contributed by atoms with Crippen LogP contribution < -0.4 is 10.6 Å². The van der Waals surface area contributed by atoms with E-state index < -0.39 is 11.7 Å². The molecule has 0 heterocycles. The van der Waals surface area contributed by atoms with Crippen molar-refractivity contribution in [1.82, 2.24) is 0 Å². The summed E-state index contributed by atoms with van der Waals surface area (Å²) in [5.74, 6) is 0. The molecule has 26 heavy (non-hydrogen) atoms. The van der Waals surface area contributed by atoms with Crippen LogP contribution in [0.25, 0.3) is 0 Å². The molecule has 6 heteroatoms. The summed E-state index contributed by atoms with van der Waals surface area (Å²) in [6, 6.07) is 5.25. The fraction of sp³-hybridized carbons (Fsp3) is 0.600. The van der Waals surface area contributed by atoms with E-state index in [0.29, 0.717) is 17.8 Å². The standard InChI is InChI=1S/C13H18N2O3.C5H12O.C2H6/c1-9-5-10(14-8-16)7-11(6-9)15-12(17)18-13(2,3)4;1-5(2,3)6-4;1-2/h5-8H,1-4H3,(H,14,16)(H,15,17);1-4H3;1-2H3. The van der Waals surface area contributed by atoms with E-state index in [1.807, 2.05) is 41.5 Å². The molecule has 6 nitrogen and oxygen atoms in total. The summed E-state index contributed by atoms with van der Waals surface area (Å²) in [6.45, 7) is 17.3. The highest BCUT2D eigenvalue weighted by molar-refractivity contribution is 5.86. The van der Waals surface area contributed by atoms with Crippen LogP contribution in [0.1, 0.15) is 61.0 Å². The Morgan fingerprint density at radius 1 is 0.962 bits per heavy atom. The lowest BCUT2D eigenvalue weighted by Crippen LogP contribution is -2.27. The molecular weight excluding hydrogens is 332 g/mol. The van der Waals surface area contributed by atoms with Crippen molar-refractivity contribution in [2.75, 3.05) is 17.7 Å². The molecule has 2 N–H and O–H groups in total. The maximum Gasteiger partial charge on any atom is 0.412 e. The van der Waals surface area contributed by atoms with Gasteiger partial charge in [-0.1, -0.05) is 13.8 Å². The van der Waals surface area contributed by atoms with E-state index in [9.17, 15) is 9.59 Å². The predicted octanol–water partition coefficient (Wildman–Crippen LogP) is 5.37. The van der Waals surface area contributed by atoms with Crippen molar-refractivity contribution in [3.8, 4) is 0 Å². The molecule has 0 bridgehead atoms. The highest BCUT2D eigenvalue weighted by Gasteiger charge is 2.16. The largest absolute Gasteiger partial charge is 0.444 e. The van der Waals surface area contributed by atoms with Gasteiger partial charge in [0.1, 0.15) is 5.60 Å². The molecule has 0 unspecified atom stereocenters. The third-order valence-electron chi connectivity index (χ3n) is 2.56. The highest BCUT2D eigenvalue weighted by atomic mass is 16.6. The van der Waals surface area contributed by atoms with Crippen molar-refractivity contribution in [3.05, 3.63) is 23.8 Å². The summed E-state index contributed by atoms with van der Waals surface area (Å²) < 4.78 is 10.1. The summed E-state index contributed by atoms with van der Waals surface area (Å²) >= 11 is 0. The van der Waals surface area contributed by atoms with E-state index in [0.717, 1.165) is 5.56 Å². The lowest BCUT2D eigenvalue weighted by atomic mass is 10.2. The van der Waals surface area contributed by atoms with Gasteiger partial charge in [0.05, 0.1) is 5.60 Å². The topological polar surface area (TPSA) is 76.7 Å². The van der Waals surface area contributed by atoms with E-state index in [-0.39, 0.29) is 5.60 Å². The lowest BCUT2D eigenvalue weighted by Gasteiger charge is -2.20. The molecule has 0 spiro atoms. The number of aryl methyl sites for hydroxylation is 1. The Morgan fingerprint density at radius 3 is 1.81 bits per heavy atom. The minimum Gasteiger partial charge on any atom is -0.444 e. The van der Waals surface area contributed by atoms with Crippen LogP contribution in [-0.4, -0.2) is 30.8 Å². The summed E-state index contributed by atoms with van der Waals surface area (Å²) in [7, 11) is 1.71. The van der Waals surface area contributed by atoms with E-state index in [1.165, 1.54) is 0 Å². The number of anilines is 2. The first-order chi connectivity index (χ1) is 11.9. The van der Waals surface area contributed by atoms with Crippen LogP contribution in [0.15, 0.2) is 18.2 Å². The SMILES string of the molecule is CC.COC(C)(C)C.Cc1cc(NC=O)cc(NC(=O)OC(C)(C)C)c1. The normalized spacial score (nSPS) is 10.4. The third-order valence-corrected chi connectivity index (χ3v) is 2.56. The van der Waals surface area contributed by atoms with Gasteiger partial charge in [-0.15, -0.1) is 0 Å². The maximum atomic E-state index is 11.6. The summed E-state index contributed by atoms with van der Waals surface area (Å²) in [5.41, 5.74) is 1.62. The van der Waals surface area contributed by atoms with Gasteiger partial charge in [-0.25, -0.2) is 4.79 Å². The number of hydrogen-bond acceptors (Lipinski definition) is 4. The minimum absolute atomic E-state index is 0.0417. The number of carbonyl (C=O) groups is 2. The Bertz CT molecular complexity index is 544. The van der Waals surface area contributed by atoms with E-state index >= 15 is 0 Å². The second-order valence-corrected chi connectivity index (χ2v) is 7.29. The Morgan fingerprint density at radius 2 is 1.42 bits per heavy atom. The summed E-state index contributed by atoms with van der Waals surface area (Å²) in [5, 5.41) is 5.16. The maximum absolute atomic E-state index is 11.6. The van der Waals surface area contributed by atoms with Gasteiger partial charge in [-0.2, -0.15) is 0 Å². The first kappa shape index (κ1) is 26.2. The number of ether oxygens (including phenoxy) is 2. The number of nitrogens with one attached hydrogen (secondary N) is 2. The number of amides is 2. The van der Waals surface area contributed by atoms with Crippen molar-refractivity contribution in [1.29, 1.82) is 0 Å². The molecule has 0 aliphatic carbocycles. The van der Waals surface area contributed by atoms with Crippen LogP contribution in [-0.2, 0) is 14.3 Å². The van der Waals surface area contributed by atoms with Crippen molar-refractivity contribution in [3.63, 3.8) is 0 Å². The molecule has 0 aromatic heterocycles. The van der Waals surface area contributed by atoms with Gasteiger partial charge in [0, 0.05) is 18.5 Å². The molecule has 0 aliphatic heterocycles. The first-order valence-electron chi connectivity index (χ1n) is 8.73. The molecular formula is C20H36N2O4. The van der Waals surface area contributed by atoms with Crippen LogP contribution in [0.5, 0.6) is 0 Å². The zero-order valence-corrected chi connectivity index (χ0v) is 17.9. The zero-order valence-electron chi connectivity index (χ0n) is 17.9. The number of rotatable bonds is 3. The van der Waals surface area contributed by atoms with Crippen LogP contribution in [0.2, 0.25) is 0 Å². The summed E-state index contributed by atoms with van der Waals surface area (Å²) in [4.78, 5) is 22.0. The smallest absolute Gasteiger partial charge is 0.412 e.